The second-order valence-electron chi connectivity index (χ2n) is 4.72. The number of nitriles is 1. The fraction of sp³-hybridized carbons (Fsp3) is 0.214. The number of hydrazine groups is 1. The molecule has 0 unspecified atom stereocenters. The van der Waals surface area contributed by atoms with Crippen molar-refractivity contribution in [3.8, 4) is 6.07 Å². The van der Waals surface area contributed by atoms with Gasteiger partial charge in [0.1, 0.15) is 23.5 Å². The smallest absolute Gasteiger partial charge is 0.145 e. The van der Waals surface area contributed by atoms with E-state index < -0.39 is 0 Å². The van der Waals surface area contributed by atoms with Crippen molar-refractivity contribution in [2.24, 2.45) is 5.84 Å². The molecule has 0 fully saturated rings. The Morgan fingerprint density at radius 3 is 2.57 bits per heavy atom. The van der Waals surface area contributed by atoms with Gasteiger partial charge in [-0.25, -0.2) is 15.8 Å². The van der Waals surface area contributed by atoms with Crippen LogP contribution in [0.2, 0.25) is 5.02 Å². The van der Waals surface area contributed by atoms with Gasteiger partial charge in [-0.05, 0) is 18.2 Å². The van der Waals surface area contributed by atoms with E-state index in [1.54, 1.807) is 24.3 Å². The Morgan fingerprint density at radius 2 is 1.95 bits per heavy atom. The van der Waals surface area contributed by atoms with Gasteiger partial charge in [-0.2, -0.15) is 5.26 Å². The van der Waals surface area contributed by atoms with Crippen molar-refractivity contribution in [2.45, 2.75) is 19.8 Å². The van der Waals surface area contributed by atoms with Crippen LogP contribution in [0.5, 0.6) is 0 Å². The van der Waals surface area contributed by atoms with Gasteiger partial charge in [0.2, 0.25) is 0 Å². The number of nitrogens with two attached hydrogens (primary N) is 1. The number of aromatic nitrogens is 2. The molecule has 0 spiro atoms. The highest BCUT2D eigenvalue weighted by molar-refractivity contribution is 6.30. The molecule has 7 heteroatoms. The minimum atomic E-state index is 0.147. The lowest BCUT2D eigenvalue weighted by molar-refractivity contribution is 0.777. The average Bonchev–Trinajstić information content (AvgIpc) is 2.47. The van der Waals surface area contributed by atoms with E-state index in [1.165, 1.54) is 0 Å². The zero-order chi connectivity index (χ0) is 15.4. The Hall–Kier alpha value is -2.36. The monoisotopic (exact) mass is 302 g/mol. The minimum absolute atomic E-state index is 0.147. The SMILES string of the molecule is CC(C)c1nc(NN)cc(Nc2cc(Cl)ccc2C#N)n1. The van der Waals surface area contributed by atoms with Gasteiger partial charge in [-0.15, -0.1) is 0 Å². The Balaban J connectivity index is 2.42. The van der Waals surface area contributed by atoms with Crippen molar-refractivity contribution in [1.82, 2.24) is 9.97 Å². The Kier molecular flexibility index (Phi) is 4.58. The lowest BCUT2D eigenvalue weighted by Crippen LogP contribution is -2.12. The standard InChI is InChI=1S/C14H15ClN6/c1-8(2)14-19-12(6-13(20-14)21-17)18-11-5-10(15)4-3-9(11)7-16/h3-6,8H,17H2,1-2H3,(H2,18,19,20,21). The van der Waals surface area contributed by atoms with Crippen LogP contribution in [0.1, 0.15) is 31.2 Å². The van der Waals surface area contributed by atoms with Crippen LogP contribution < -0.4 is 16.6 Å². The number of halogens is 1. The van der Waals surface area contributed by atoms with E-state index in [9.17, 15) is 0 Å². The highest BCUT2D eigenvalue weighted by Gasteiger charge is 2.10. The van der Waals surface area contributed by atoms with Gasteiger partial charge in [-0.3, -0.25) is 0 Å². The van der Waals surface area contributed by atoms with Gasteiger partial charge < -0.3 is 10.7 Å². The summed E-state index contributed by atoms with van der Waals surface area (Å²) in [5.41, 5.74) is 3.57. The predicted octanol–water partition coefficient (Wildman–Crippen LogP) is 3.15. The summed E-state index contributed by atoms with van der Waals surface area (Å²) in [7, 11) is 0. The quantitative estimate of drug-likeness (QED) is 0.592. The van der Waals surface area contributed by atoms with Crippen molar-refractivity contribution < 1.29 is 0 Å². The van der Waals surface area contributed by atoms with Crippen LogP contribution in [0, 0.1) is 11.3 Å². The minimum Gasteiger partial charge on any atom is -0.339 e. The third kappa shape index (κ3) is 3.60. The molecule has 6 nitrogen and oxygen atoms in total. The maximum atomic E-state index is 9.13. The number of hydrogen-bond donors (Lipinski definition) is 3. The molecule has 21 heavy (non-hydrogen) atoms. The third-order valence-corrected chi connectivity index (χ3v) is 3.01. The van der Waals surface area contributed by atoms with Crippen LogP contribution in [0.25, 0.3) is 0 Å². The van der Waals surface area contributed by atoms with Crippen molar-refractivity contribution in [3.63, 3.8) is 0 Å². The molecule has 0 aliphatic rings. The zero-order valence-electron chi connectivity index (χ0n) is 11.7. The number of nitrogens with one attached hydrogen (secondary N) is 2. The first kappa shape index (κ1) is 15.0. The van der Waals surface area contributed by atoms with Gasteiger partial charge in [0.05, 0.1) is 11.3 Å². The highest BCUT2D eigenvalue weighted by atomic mass is 35.5. The van der Waals surface area contributed by atoms with Crippen molar-refractivity contribution in [3.05, 3.63) is 40.7 Å². The molecule has 2 rings (SSSR count). The number of nitrogen functional groups attached to an aromatic ring is 1. The molecule has 0 saturated heterocycles. The summed E-state index contributed by atoms with van der Waals surface area (Å²) < 4.78 is 0. The zero-order valence-corrected chi connectivity index (χ0v) is 12.4. The van der Waals surface area contributed by atoms with Crippen molar-refractivity contribution >= 4 is 28.9 Å². The molecule has 1 aromatic heterocycles. The Bertz CT molecular complexity index is 692. The summed E-state index contributed by atoms with van der Waals surface area (Å²) in [6.45, 7) is 3.97. The predicted molar refractivity (Wildman–Crippen MR) is 83.4 cm³/mol. The summed E-state index contributed by atoms with van der Waals surface area (Å²) in [5, 5.41) is 12.7. The van der Waals surface area contributed by atoms with Crippen molar-refractivity contribution in [1.29, 1.82) is 5.26 Å². The topological polar surface area (TPSA) is 99.6 Å². The Labute approximate surface area is 127 Å². The molecule has 4 N–H and O–H groups in total. The average molecular weight is 303 g/mol. The van der Waals surface area contributed by atoms with Crippen LogP contribution in [-0.2, 0) is 0 Å². The lowest BCUT2D eigenvalue weighted by Gasteiger charge is -2.12. The molecule has 0 aliphatic heterocycles. The third-order valence-electron chi connectivity index (χ3n) is 2.77. The second kappa shape index (κ2) is 6.39. The molecule has 2 aromatic rings. The normalized spacial score (nSPS) is 10.3. The molecule has 0 bridgehead atoms. The summed E-state index contributed by atoms with van der Waals surface area (Å²) in [4.78, 5) is 8.69. The van der Waals surface area contributed by atoms with Crippen LogP contribution in [0.4, 0.5) is 17.3 Å². The van der Waals surface area contributed by atoms with Gasteiger partial charge in [0, 0.05) is 17.0 Å². The van der Waals surface area contributed by atoms with Crippen LogP contribution >= 0.6 is 11.6 Å². The number of anilines is 3. The second-order valence-corrected chi connectivity index (χ2v) is 5.16. The number of nitrogens with zero attached hydrogens (tertiary/aromatic N) is 3. The van der Waals surface area contributed by atoms with Crippen LogP contribution in [-0.4, -0.2) is 9.97 Å². The van der Waals surface area contributed by atoms with Gasteiger partial charge in [-0.1, -0.05) is 25.4 Å². The number of benzene rings is 1. The van der Waals surface area contributed by atoms with E-state index in [2.05, 4.69) is 26.8 Å². The molecule has 0 aliphatic carbocycles. The van der Waals surface area contributed by atoms with Gasteiger partial charge in [0.25, 0.3) is 0 Å². The molecule has 0 atom stereocenters. The molecular formula is C14H15ClN6. The van der Waals surface area contributed by atoms with Gasteiger partial charge >= 0.3 is 0 Å². The number of hydrogen-bond acceptors (Lipinski definition) is 6. The van der Waals surface area contributed by atoms with E-state index in [0.717, 1.165) is 0 Å². The first-order valence-electron chi connectivity index (χ1n) is 6.35. The molecule has 1 heterocycles. The van der Waals surface area contributed by atoms with E-state index >= 15 is 0 Å². The summed E-state index contributed by atoms with van der Waals surface area (Å²) >= 11 is 5.97. The maximum Gasteiger partial charge on any atom is 0.145 e. The van der Waals surface area contributed by atoms with E-state index in [1.807, 2.05) is 13.8 Å². The van der Waals surface area contributed by atoms with Gasteiger partial charge in [0.15, 0.2) is 0 Å². The molecule has 0 radical (unpaired) electrons. The Morgan fingerprint density at radius 1 is 1.24 bits per heavy atom. The first-order valence-corrected chi connectivity index (χ1v) is 6.73. The van der Waals surface area contributed by atoms with Crippen molar-refractivity contribution in [2.75, 3.05) is 10.7 Å². The van der Waals surface area contributed by atoms with E-state index in [-0.39, 0.29) is 5.92 Å². The molecule has 0 saturated carbocycles. The molecule has 108 valence electrons. The molecular weight excluding hydrogens is 288 g/mol. The van der Waals surface area contributed by atoms with E-state index in [0.29, 0.717) is 33.7 Å². The van der Waals surface area contributed by atoms with E-state index in [4.69, 9.17) is 22.7 Å². The largest absolute Gasteiger partial charge is 0.339 e. The molecule has 0 amide bonds. The fourth-order valence-corrected chi connectivity index (χ4v) is 1.89. The fourth-order valence-electron chi connectivity index (χ4n) is 1.72. The maximum absolute atomic E-state index is 9.13. The number of rotatable bonds is 4. The lowest BCUT2D eigenvalue weighted by atomic mass is 10.2. The van der Waals surface area contributed by atoms with Crippen LogP contribution in [0.3, 0.4) is 0 Å². The first-order chi connectivity index (χ1) is 10.0. The summed E-state index contributed by atoms with van der Waals surface area (Å²) in [5.74, 6) is 7.25. The highest BCUT2D eigenvalue weighted by Crippen LogP contribution is 2.25. The van der Waals surface area contributed by atoms with Crippen LogP contribution in [0.15, 0.2) is 24.3 Å². The molecule has 1 aromatic carbocycles. The summed E-state index contributed by atoms with van der Waals surface area (Å²) in [6, 6.07) is 8.75. The summed E-state index contributed by atoms with van der Waals surface area (Å²) in [6.07, 6.45) is 0.